The molecule has 0 bridgehead atoms. The Hall–Kier alpha value is -2.28. The first-order valence-corrected chi connectivity index (χ1v) is 8.59. The molecule has 0 aromatic carbocycles. The van der Waals surface area contributed by atoms with Crippen LogP contribution in [0.3, 0.4) is 0 Å². The van der Waals surface area contributed by atoms with Crippen LogP contribution < -0.4 is 0 Å². The smallest absolute Gasteiger partial charge is 0.177 e. The predicted octanol–water partition coefficient (Wildman–Crippen LogP) is 1.82. The Bertz CT molecular complexity index is 826. The predicted molar refractivity (Wildman–Crippen MR) is 90.9 cm³/mol. The summed E-state index contributed by atoms with van der Waals surface area (Å²) < 4.78 is 3.95. The number of piperidine rings is 1. The first-order chi connectivity index (χ1) is 11.7. The fraction of sp³-hybridized carbons (Fsp3) is 0.529. The van der Waals surface area contributed by atoms with Gasteiger partial charge in [0.05, 0.1) is 18.4 Å². The largest absolute Gasteiger partial charge is 0.301 e. The number of hydrogen-bond donors (Lipinski definition) is 0. The van der Waals surface area contributed by atoms with Crippen molar-refractivity contribution in [2.45, 2.75) is 39.2 Å². The summed E-state index contributed by atoms with van der Waals surface area (Å²) >= 11 is 0. The molecule has 0 N–H and O–H groups in total. The third-order valence-corrected chi connectivity index (χ3v) is 4.78. The highest BCUT2D eigenvalue weighted by Gasteiger charge is 2.24. The minimum Gasteiger partial charge on any atom is -0.301 e. The second kappa shape index (κ2) is 6.32. The highest BCUT2D eigenvalue weighted by atomic mass is 15.4. The van der Waals surface area contributed by atoms with Gasteiger partial charge in [0, 0.05) is 18.7 Å². The van der Waals surface area contributed by atoms with Crippen molar-refractivity contribution in [1.82, 2.24) is 34.5 Å². The summed E-state index contributed by atoms with van der Waals surface area (Å²) in [5.74, 6) is 1.45. The van der Waals surface area contributed by atoms with Gasteiger partial charge in [-0.2, -0.15) is 14.7 Å². The number of aryl methyl sites for hydroxylation is 2. The van der Waals surface area contributed by atoms with Crippen molar-refractivity contribution in [3.05, 3.63) is 41.6 Å². The third-order valence-electron chi connectivity index (χ3n) is 4.78. The van der Waals surface area contributed by atoms with Gasteiger partial charge in [-0.05, 0) is 57.5 Å². The Morgan fingerprint density at radius 2 is 1.92 bits per heavy atom. The van der Waals surface area contributed by atoms with Crippen LogP contribution in [-0.4, -0.2) is 54.1 Å². The van der Waals surface area contributed by atoms with Gasteiger partial charge in [0.2, 0.25) is 0 Å². The van der Waals surface area contributed by atoms with E-state index in [2.05, 4.69) is 38.4 Å². The molecule has 1 fully saturated rings. The van der Waals surface area contributed by atoms with Crippen molar-refractivity contribution in [3.63, 3.8) is 0 Å². The fourth-order valence-corrected chi connectivity index (χ4v) is 3.40. The van der Waals surface area contributed by atoms with Crippen LogP contribution in [0.25, 0.3) is 5.65 Å². The molecule has 4 heterocycles. The summed E-state index contributed by atoms with van der Waals surface area (Å²) in [5, 5.41) is 17.6. The van der Waals surface area contributed by atoms with Gasteiger partial charge >= 0.3 is 0 Å². The van der Waals surface area contributed by atoms with E-state index < -0.39 is 0 Å². The topological polar surface area (TPSA) is 64.1 Å². The van der Waals surface area contributed by atoms with Gasteiger partial charge in [0.25, 0.3) is 0 Å². The lowest BCUT2D eigenvalue weighted by atomic mass is 9.96. The van der Waals surface area contributed by atoms with Crippen molar-refractivity contribution < 1.29 is 0 Å². The average Bonchev–Trinajstić information content (AvgIpc) is 3.19. The quantitative estimate of drug-likeness (QED) is 0.732. The lowest BCUT2D eigenvalue weighted by Crippen LogP contribution is -2.35. The first-order valence-electron chi connectivity index (χ1n) is 8.59. The van der Waals surface area contributed by atoms with Crippen LogP contribution in [0.15, 0.2) is 24.5 Å². The zero-order valence-electron chi connectivity index (χ0n) is 14.3. The van der Waals surface area contributed by atoms with Gasteiger partial charge in [0.1, 0.15) is 0 Å². The number of rotatable bonds is 4. The monoisotopic (exact) mass is 325 g/mol. The number of aromatic nitrogens is 6. The Kier molecular flexibility index (Phi) is 4.02. The van der Waals surface area contributed by atoms with Crippen LogP contribution in [0.2, 0.25) is 0 Å². The normalized spacial score (nSPS) is 16.9. The van der Waals surface area contributed by atoms with Crippen molar-refractivity contribution in [2.75, 3.05) is 19.6 Å². The molecule has 24 heavy (non-hydrogen) atoms. The molecule has 7 heteroatoms. The molecule has 4 rings (SSSR count). The summed E-state index contributed by atoms with van der Waals surface area (Å²) in [4.78, 5) is 2.51. The van der Waals surface area contributed by atoms with Crippen molar-refractivity contribution in [1.29, 1.82) is 0 Å². The summed E-state index contributed by atoms with van der Waals surface area (Å²) in [7, 11) is 0. The molecule has 0 unspecified atom stereocenters. The molecule has 0 amide bonds. The van der Waals surface area contributed by atoms with E-state index in [9.17, 15) is 0 Å². The Morgan fingerprint density at radius 1 is 1.08 bits per heavy atom. The zero-order chi connectivity index (χ0) is 16.5. The maximum atomic E-state index is 4.57. The molecular weight excluding hydrogens is 302 g/mol. The molecule has 0 spiro atoms. The van der Waals surface area contributed by atoms with Crippen molar-refractivity contribution in [2.24, 2.45) is 0 Å². The van der Waals surface area contributed by atoms with E-state index in [4.69, 9.17) is 0 Å². The van der Waals surface area contributed by atoms with E-state index in [0.29, 0.717) is 5.92 Å². The van der Waals surface area contributed by atoms with E-state index in [1.165, 1.54) is 5.56 Å². The Labute approximate surface area is 141 Å². The summed E-state index contributed by atoms with van der Waals surface area (Å²) in [5.41, 5.74) is 3.05. The van der Waals surface area contributed by atoms with Crippen LogP contribution in [0.4, 0.5) is 0 Å². The zero-order valence-corrected chi connectivity index (χ0v) is 14.3. The van der Waals surface area contributed by atoms with Crippen LogP contribution in [0, 0.1) is 13.8 Å². The minimum absolute atomic E-state index is 0.442. The fourth-order valence-electron chi connectivity index (χ4n) is 3.40. The molecule has 1 saturated heterocycles. The molecule has 0 radical (unpaired) electrons. The maximum absolute atomic E-state index is 4.57. The van der Waals surface area contributed by atoms with Gasteiger partial charge in [-0.25, -0.2) is 0 Å². The highest BCUT2D eigenvalue weighted by Crippen LogP contribution is 2.26. The second-order valence-corrected chi connectivity index (χ2v) is 6.70. The van der Waals surface area contributed by atoms with Crippen LogP contribution in [0.5, 0.6) is 0 Å². The number of nitrogens with zero attached hydrogens (tertiary/aromatic N) is 7. The standard InChI is InChI=1S/C17H23N7/c1-13-11-18-23(12-13)10-9-22-7-5-15(6-8-22)17-20-19-16-4-3-14(2)21-24(16)17/h3-4,11-12,15H,5-10H2,1-2H3. The third kappa shape index (κ3) is 3.03. The first kappa shape index (κ1) is 15.3. The van der Waals surface area contributed by atoms with E-state index in [0.717, 1.165) is 56.2 Å². The number of hydrogen-bond acceptors (Lipinski definition) is 5. The van der Waals surface area contributed by atoms with E-state index >= 15 is 0 Å². The Morgan fingerprint density at radius 3 is 2.67 bits per heavy atom. The van der Waals surface area contributed by atoms with Gasteiger partial charge < -0.3 is 4.90 Å². The lowest BCUT2D eigenvalue weighted by Gasteiger charge is -2.30. The second-order valence-electron chi connectivity index (χ2n) is 6.70. The highest BCUT2D eigenvalue weighted by molar-refractivity contribution is 5.36. The molecule has 7 nitrogen and oxygen atoms in total. The van der Waals surface area contributed by atoms with Crippen LogP contribution >= 0.6 is 0 Å². The molecule has 0 atom stereocenters. The maximum Gasteiger partial charge on any atom is 0.177 e. The van der Waals surface area contributed by atoms with E-state index in [1.54, 1.807) is 0 Å². The average molecular weight is 325 g/mol. The van der Waals surface area contributed by atoms with Crippen LogP contribution in [0.1, 0.15) is 35.8 Å². The Balaban J connectivity index is 1.37. The molecule has 3 aromatic rings. The molecule has 0 aliphatic carbocycles. The van der Waals surface area contributed by atoms with Gasteiger partial charge in [-0.15, -0.1) is 10.2 Å². The van der Waals surface area contributed by atoms with Gasteiger partial charge in [-0.3, -0.25) is 4.68 Å². The van der Waals surface area contributed by atoms with Gasteiger partial charge in [-0.1, -0.05) is 0 Å². The molecule has 0 saturated carbocycles. The SMILES string of the molecule is Cc1cnn(CCN2CCC(c3nnc4ccc(C)nn34)CC2)c1. The summed E-state index contributed by atoms with van der Waals surface area (Å²) in [6.45, 7) is 8.26. The summed E-state index contributed by atoms with van der Waals surface area (Å²) in [6, 6.07) is 3.97. The molecule has 1 aliphatic rings. The molecule has 126 valence electrons. The van der Waals surface area contributed by atoms with E-state index in [-0.39, 0.29) is 0 Å². The molecule has 3 aromatic heterocycles. The number of fused-ring (bicyclic) bond motifs is 1. The summed E-state index contributed by atoms with van der Waals surface area (Å²) in [6.07, 6.45) is 6.23. The van der Waals surface area contributed by atoms with Gasteiger partial charge in [0.15, 0.2) is 11.5 Å². The van der Waals surface area contributed by atoms with Crippen molar-refractivity contribution >= 4 is 5.65 Å². The van der Waals surface area contributed by atoms with Crippen molar-refractivity contribution in [3.8, 4) is 0 Å². The molecular formula is C17H23N7. The van der Waals surface area contributed by atoms with Crippen LogP contribution in [-0.2, 0) is 6.54 Å². The van der Waals surface area contributed by atoms with E-state index in [1.807, 2.05) is 34.5 Å². The molecule has 1 aliphatic heterocycles. The number of likely N-dealkylation sites (tertiary alicyclic amines) is 1. The minimum atomic E-state index is 0.442. The lowest BCUT2D eigenvalue weighted by molar-refractivity contribution is 0.199.